The summed E-state index contributed by atoms with van der Waals surface area (Å²) in [7, 11) is 0. The number of ether oxygens (including phenoxy) is 9. The van der Waals surface area contributed by atoms with Crippen molar-refractivity contribution in [3.05, 3.63) is 0 Å². The molecule has 428 valence electrons. The third kappa shape index (κ3) is 45.7. The highest BCUT2D eigenvalue weighted by molar-refractivity contribution is 8.00. The van der Waals surface area contributed by atoms with E-state index in [0.29, 0.717) is 127 Å². The number of nitrogens with two attached hydrogens (primary N) is 1. The van der Waals surface area contributed by atoms with Crippen molar-refractivity contribution in [1.29, 1.82) is 0 Å². The van der Waals surface area contributed by atoms with Crippen LogP contribution < -0.4 is 5.73 Å². The normalized spacial score (nSPS) is 15.9. The summed E-state index contributed by atoms with van der Waals surface area (Å²) in [6.07, 6.45) is -0.380. The number of aliphatic hydroxyl groups excluding tert-OH is 10. The Hall–Kier alpha value is 0.950. The second kappa shape index (κ2) is 53.0. The molecule has 0 aliphatic rings. The lowest BCUT2D eigenvalue weighted by atomic mass is 9.90. The molecule has 5 unspecified atom stereocenters. The van der Waals surface area contributed by atoms with Gasteiger partial charge in [-0.3, -0.25) is 0 Å². The molecule has 0 saturated heterocycles. The first kappa shape index (κ1) is 72.0. The van der Waals surface area contributed by atoms with Gasteiger partial charge in [0.2, 0.25) is 0 Å². The SMILES string of the molecule is NCCOCCOCCOCC(COCCCSCC(O)CO)(COCCCSCC(O)CO)COCC(COCCCSCC(O)CO)(COCCCSCC(O)CO)COCCCSCC(O)CO. The summed E-state index contributed by atoms with van der Waals surface area (Å²) in [4.78, 5) is 0. The first-order valence-corrected chi connectivity index (χ1v) is 30.5. The number of hydrogen-bond acceptors (Lipinski definition) is 25. The quantitative estimate of drug-likeness (QED) is 0.0341. The minimum Gasteiger partial charge on any atom is -0.394 e. The van der Waals surface area contributed by atoms with Gasteiger partial charge in [0.1, 0.15) is 0 Å². The summed E-state index contributed by atoms with van der Waals surface area (Å²) < 4.78 is 55.9. The fourth-order valence-corrected chi connectivity index (χ4v) is 10.2. The maximum absolute atomic E-state index is 9.77. The van der Waals surface area contributed by atoms with Crippen LogP contribution in [0, 0.1) is 10.8 Å². The summed E-state index contributed by atoms with van der Waals surface area (Å²) in [6.45, 7) is 4.65. The van der Waals surface area contributed by atoms with Crippen molar-refractivity contribution in [2.24, 2.45) is 16.6 Å². The summed E-state index contributed by atoms with van der Waals surface area (Å²) >= 11 is 7.67. The van der Waals surface area contributed by atoms with E-state index in [9.17, 15) is 51.1 Å². The fraction of sp³-hybridized carbons (Fsp3) is 1.00. The maximum atomic E-state index is 9.77. The first-order valence-electron chi connectivity index (χ1n) is 24.8. The molecule has 0 aromatic rings. The molecule has 0 amide bonds. The summed E-state index contributed by atoms with van der Waals surface area (Å²) in [6, 6.07) is 0. The first-order chi connectivity index (χ1) is 34.5. The fourth-order valence-electron chi connectivity index (χ4n) is 5.91. The summed E-state index contributed by atoms with van der Waals surface area (Å²) in [5, 5.41) is 94.9. The maximum Gasteiger partial charge on any atom is 0.0861 e. The van der Waals surface area contributed by atoms with Gasteiger partial charge in [-0.05, 0) is 60.9 Å². The van der Waals surface area contributed by atoms with Crippen molar-refractivity contribution in [2.45, 2.75) is 62.6 Å². The largest absolute Gasteiger partial charge is 0.394 e. The van der Waals surface area contributed by atoms with Gasteiger partial charge in [-0.2, -0.15) is 58.8 Å². The highest BCUT2D eigenvalue weighted by Crippen LogP contribution is 2.27. The highest BCUT2D eigenvalue weighted by Gasteiger charge is 2.37. The molecule has 0 heterocycles. The molecule has 0 spiro atoms. The predicted octanol–water partition coefficient (Wildman–Crippen LogP) is -0.550. The average Bonchev–Trinajstić information content (AvgIpc) is 3.38. The van der Waals surface area contributed by atoms with Gasteiger partial charge in [-0.15, -0.1) is 0 Å². The van der Waals surface area contributed by atoms with Gasteiger partial charge in [0, 0.05) is 68.3 Å². The molecule has 0 aromatic carbocycles. The molecule has 25 heteroatoms. The van der Waals surface area contributed by atoms with Gasteiger partial charge in [0.05, 0.1) is 160 Å². The second-order valence-electron chi connectivity index (χ2n) is 17.1. The van der Waals surface area contributed by atoms with Gasteiger partial charge in [0.15, 0.2) is 0 Å². The summed E-state index contributed by atoms with van der Waals surface area (Å²) in [5.74, 6) is 5.71. The molecule has 71 heavy (non-hydrogen) atoms. The van der Waals surface area contributed by atoms with Gasteiger partial charge >= 0.3 is 0 Å². The molecule has 0 rings (SSSR count). The lowest BCUT2D eigenvalue weighted by molar-refractivity contribution is -0.144. The molecular formula is C46H95NO19S5. The van der Waals surface area contributed by atoms with Crippen molar-refractivity contribution in [3.8, 4) is 0 Å². The Morgan fingerprint density at radius 2 is 0.507 bits per heavy atom. The molecule has 0 fully saturated rings. The average molecular weight is 1130 g/mol. The molecule has 0 radical (unpaired) electrons. The van der Waals surface area contributed by atoms with Crippen molar-refractivity contribution < 1.29 is 93.7 Å². The smallest absolute Gasteiger partial charge is 0.0861 e. The Balaban J connectivity index is 6.42. The lowest BCUT2D eigenvalue weighted by Gasteiger charge is -2.37. The number of aliphatic hydroxyl groups is 10. The van der Waals surface area contributed by atoms with Gasteiger partial charge in [-0.25, -0.2) is 0 Å². The van der Waals surface area contributed by atoms with Crippen LogP contribution in [-0.2, 0) is 42.6 Å². The zero-order chi connectivity index (χ0) is 52.4. The predicted molar refractivity (Wildman–Crippen MR) is 286 cm³/mol. The van der Waals surface area contributed by atoms with Gasteiger partial charge < -0.3 is 99.4 Å². The number of thioether (sulfide) groups is 5. The minimum atomic E-state index is -0.790. The Bertz CT molecular complexity index is 1010. The highest BCUT2D eigenvalue weighted by atomic mass is 32.2. The Kier molecular flexibility index (Phi) is 53.7. The lowest BCUT2D eigenvalue weighted by Crippen LogP contribution is -2.46. The Morgan fingerprint density at radius 1 is 0.296 bits per heavy atom. The molecule has 0 aliphatic carbocycles. The molecule has 0 aliphatic heterocycles. The van der Waals surface area contributed by atoms with E-state index in [1.807, 2.05) is 0 Å². The number of rotatable bonds is 59. The Morgan fingerprint density at radius 3 is 0.746 bits per heavy atom. The molecule has 0 bridgehead atoms. The molecule has 0 saturated carbocycles. The molecule has 12 N–H and O–H groups in total. The molecule has 5 atom stereocenters. The van der Waals surface area contributed by atoms with Crippen LogP contribution >= 0.6 is 58.8 Å². The zero-order valence-electron chi connectivity index (χ0n) is 42.2. The van der Waals surface area contributed by atoms with E-state index >= 15 is 0 Å². The minimum absolute atomic E-state index is 0.162. The topological polar surface area (TPSA) is 311 Å². The van der Waals surface area contributed by atoms with Crippen LogP contribution in [0.3, 0.4) is 0 Å². The second-order valence-corrected chi connectivity index (χ2v) is 22.9. The van der Waals surface area contributed by atoms with Gasteiger partial charge in [-0.1, -0.05) is 0 Å². The Labute approximate surface area is 445 Å². The van der Waals surface area contributed by atoms with E-state index in [4.69, 9.17) is 48.4 Å². The molecule has 20 nitrogen and oxygen atoms in total. The van der Waals surface area contributed by atoms with E-state index in [0.717, 1.165) is 28.8 Å². The van der Waals surface area contributed by atoms with E-state index in [1.165, 1.54) is 58.8 Å². The van der Waals surface area contributed by atoms with E-state index in [1.54, 1.807) is 0 Å². The van der Waals surface area contributed by atoms with E-state index in [2.05, 4.69) is 0 Å². The van der Waals surface area contributed by atoms with Crippen molar-refractivity contribution >= 4 is 58.8 Å². The van der Waals surface area contributed by atoms with Gasteiger partial charge in [0.25, 0.3) is 0 Å². The van der Waals surface area contributed by atoms with Crippen LogP contribution in [0.1, 0.15) is 32.1 Å². The standard InChI is InChI=1S/C46H95NO19S5/c47-6-12-58-13-14-59-15-16-65-37-46(35-63-10-4-20-70-30-43(56)25-51,36-64-11-5-21-71-31-44(57)26-52)39-66-38-45(32-60-7-1-17-67-27-40(53)22-48,33-61-8-2-18-68-28-41(54)23-49)34-62-9-3-19-69-29-42(55)24-50/h40-44,48-57H,1-39,47H2. The van der Waals surface area contributed by atoms with Crippen molar-refractivity contribution in [2.75, 3.05) is 216 Å². The zero-order valence-corrected chi connectivity index (χ0v) is 46.3. The van der Waals surface area contributed by atoms with Crippen LogP contribution in [0.25, 0.3) is 0 Å². The van der Waals surface area contributed by atoms with Crippen LogP contribution in [-0.4, -0.2) is 298 Å². The third-order valence-corrected chi connectivity index (χ3v) is 15.8. The van der Waals surface area contributed by atoms with Crippen LogP contribution in [0.5, 0.6) is 0 Å². The summed E-state index contributed by atoms with van der Waals surface area (Å²) in [5.41, 5.74) is 3.95. The van der Waals surface area contributed by atoms with Crippen molar-refractivity contribution in [3.63, 3.8) is 0 Å². The molecular weight excluding hydrogens is 1030 g/mol. The van der Waals surface area contributed by atoms with Crippen LogP contribution in [0.4, 0.5) is 0 Å². The third-order valence-electron chi connectivity index (χ3n) is 9.76. The van der Waals surface area contributed by atoms with E-state index < -0.39 is 41.3 Å². The number of hydrogen-bond donors (Lipinski definition) is 11. The van der Waals surface area contributed by atoms with Crippen LogP contribution in [0.15, 0.2) is 0 Å². The van der Waals surface area contributed by atoms with Crippen LogP contribution in [0.2, 0.25) is 0 Å². The monoisotopic (exact) mass is 1130 g/mol. The molecule has 0 aromatic heterocycles. The van der Waals surface area contributed by atoms with Crippen molar-refractivity contribution in [1.82, 2.24) is 0 Å². The van der Waals surface area contributed by atoms with E-state index in [-0.39, 0.29) is 92.5 Å².